The van der Waals surface area contributed by atoms with E-state index in [2.05, 4.69) is 21.2 Å². The lowest BCUT2D eigenvalue weighted by Crippen LogP contribution is -2.38. The Bertz CT molecular complexity index is 1070. The largest absolute Gasteiger partial charge is 0.324 e. The number of rotatable bonds is 6. The molecule has 1 N–H and O–H groups in total. The lowest BCUT2D eigenvalue weighted by molar-refractivity contribution is -0.114. The number of hydrogen-bond donors (Lipinski definition) is 1. The Kier molecular flexibility index (Phi) is 6.16. The van der Waals surface area contributed by atoms with Crippen LogP contribution in [0.3, 0.4) is 0 Å². The molecule has 0 aliphatic heterocycles. The Balaban J connectivity index is 1.91. The van der Waals surface area contributed by atoms with Crippen LogP contribution < -0.4 is 9.62 Å². The van der Waals surface area contributed by atoms with Crippen molar-refractivity contribution in [1.82, 2.24) is 0 Å². The zero-order valence-electron chi connectivity index (χ0n) is 15.2. The smallest absolute Gasteiger partial charge is 0.264 e. The molecule has 0 saturated heterocycles. The van der Waals surface area contributed by atoms with E-state index in [1.165, 1.54) is 0 Å². The second-order valence-electron chi connectivity index (χ2n) is 6.22. The number of amides is 1. The van der Waals surface area contributed by atoms with E-state index in [9.17, 15) is 13.2 Å². The van der Waals surface area contributed by atoms with Gasteiger partial charge in [0.25, 0.3) is 10.0 Å². The molecule has 0 aromatic heterocycles. The third-order valence-corrected chi connectivity index (χ3v) is 6.33. The molecule has 3 aromatic rings. The second-order valence-corrected chi connectivity index (χ2v) is 9.00. The quantitative estimate of drug-likeness (QED) is 0.587. The summed E-state index contributed by atoms with van der Waals surface area (Å²) in [5, 5.41) is 2.74. The molecule has 0 aliphatic carbocycles. The number of aryl methyl sites for hydroxylation is 1. The van der Waals surface area contributed by atoms with Gasteiger partial charge in [-0.25, -0.2) is 8.42 Å². The van der Waals surface area contributed by atoms with Crippen LogP contribution in [0.5, 0.6) is 0 Å². The van der Waals surface area contributed by atoms with Crippen LogP contribution in [-0.4, -0.2) is 20.9 Å². The number of halogens is 1. The van der Waals surface area contributed by atoms with Gasteiger partial charge in [0, 0.05) is 10.2 Å². The van der Waals surface area contributed by atoms with Gasteiger partial charge in [-0.3, -0.25) is 9.10 Å². The van der Waals surface area contributed by atoms with Crippen molar-refractivity contribution in [1.29, 1.82) is 0 Å². The molecule has 0 heterocycles. The average Bonchev–Trinajstić information content (AvgIpc) is 2.67. The molecule has 0 atom stereocenters. The van der Waals surface area contributed by atoms with Crippen molar-refractivity contribution in [3.8, 4) is 0 Å². The molecule has 0 fully saturated rings. The van der Waals surface area contributed by atoms with E-state index in [0.29, 0.717) is 11.4 Å². The molecule has 5 nitrogen and oxygen atoms in total. The van der Waals surface area contributed by atoms with Crippen LogP contribution in [0.25, 0.3) is 0 Å². The monoisotopic (exact) mass is 458 g/mol. The molecule has 0 spiro atoms. The molecular formula is C21H19BrN2O3S. The molecule has 144 valence electrons. The van der Waals surface area contributed by atoms with Crippen molar-refractivity contribution in [3.05, 3.63) is 88.9 Å². The number of carbonyl (C=O) groups excluding carboxylic acids is 1. The molecular weight excluding hydrogens is 440 g/mol. The van der Waals surface area contributed by atoms with Gasteiger partial charge < -0.3 is 5.32 Å². The number of hydrogen-bond acceptors (Lipinski definition) is 3. The average molecular weight is 459 g/mol. The first-order valence-corrected chi connectivity index (χ1v) is 10.8. The zero-order valence-corrected chi connectivity index (χ0v) is 17.6. The minimum atomic E-state index is -3.90. The summed E-state index contributed by atoms with van der Waals surface area (Å²) in [5.41, 5.74) is 1.96. The zero-order chi connectivity index (χ0) is 20.1. The summed E-state index contributed by atoms with van der Waals surface area (Å²) in [4.78, 5) is 12.7. The van der Waals surface area contributed by atoms with Crippen molar-refractivity contribution in [2.45, 2.75) is 11.8 Å². The summed E-state index contributed by atoms with van der Waals surface area (Å²) in [6.45, 7) is 1.55. The highest BCUT2D eigenvalue weighted by Gasteiger charge is 2.27. The summed E-state index contributed by atoms with van der Waals surface area (Å²) in [5.74, 6) is -0.433. The lowest BCUT2D eigenvalue weighted by atomic mass is 10.2. The first-order chi connectivity index (χ1) is 13.4. The normalized spacial score (nSPS) is 11.1. The van der Waals surface area contributed by atoms with Crippen molar-refractivity contribution < 1.29 is 13.2 Å². The fourth-order valence-corrected chi connectivity index (χ4v) is 4.46. The van der Waals surface area contributed by atoms with Crippen molar-refractivity contribution in [3.63, 3.8) is 0 Å². The first-order valence-electron chi connectivity index (χ1n) is 8.56. The minimum Gasteiger partial charge on any atom is -0.324 e. The van der Waals surface area contributed by atoms with E-state index in [4.69, 9.17) is 0 Å². The van der Waals surface area contributed by atoms with Crippen molar-refractivity contribution in [2.75, 3.05) is 16.2 Å². The SMILES string of the molecule is Cc1ccc(S(=O)(=O)N(CC(=O)Nc2cccc(Br)c2)c2ccccc2)cc1. The number of carbonyl (C=O) groups is 1. The highest BCUT2D eigenvalue weighted by atomic mass is 79.9. The van der Waals surface area contributed by atoms with Crippen LogP contribution in [0.15, 0.2) is 88.2 Å². The van der Waals surface area contributed by atoms with Gasteiger partial charge in [-0.1, -0.05) is 57.9 Å². The van der Waals surface area contributed by atoms with Gasteiger partial charge in [0.1, 0.15) is 6.54 Å². The fraction of sp³-hybridized carbons (Fsp3) is 0.0952. The number of nitrogens with zero attached hydrogens (tertiary/aromatic N) is 1. The van der Waals surface area contributed by atoms with Crippen LogP contribution in [0, 0.1) is 6.92 Å². The third kappa shape index (κ3) is 4.79. The lowest BCUT2D eigenvalue weighted by Gasteiger charge is -2.24. The Hall–Kier alpha value is -2.64. The molecule has 0 bridgehead atoms. The molecule has 0 saturated carbocycles. The summed E-state index contributed by atoms with van der Waals surface area (Å²) in [7, 11) is -3.90. The number of sulfonamides is 1. The summed E-state index contributed by atoms with van der Waals surface area (Å²) >= 11 is 3.35. The Morgan fingerprint density at radius 2 is 1.64 bits per heavy atom. The van der Waals surface area contributed by atoms with Gasteiger partial charge in [-0.05, 0) is 49.4 Å². The number of nitrogens with one attached hydrogen (secondary N) is 1. The topological polar surface area (TPSA) is 66.5 Å². The standard InChI is InChI=1S/C21H19BrN2O3S/c1-16-10-12-20(13-11-16)28(26,27)24(19-8-3-2-4-9-19)15-21(25)23-18-7-5-6-17(22)14-18/h2-14H,15H2,1H3,(H,23,25). The van der Waals surface area contributed by atoms with Crippen LogP contribution in [0.1, 0.15) is 5.56 Å². The van der Waals surface area contributed by atoms with E-state index in [-0.39, 0.29) is 11.4 Å². The van der Waals surface area contributed by atoms with Crippen LogP contribution in [0.2, 0.25) is 0 Å². The van der Waals surface area contributed by atoms with Crippen LogP contribution >= 0.6 is 15.9 Å². The third-order valence-electron chi connectivity index (χ3n) is 4.05. The maximum Gasteiger partial charge on any atom is 0.264 e. The molecule has 0 aliphatic rings. The van der Waals surface area contributed by atoms with Crippen LogP contribution in [0.4, 0.5) is 11.4 Å². The van der Waals surface area contributed by atoms with Gasteiger partial charge in [-0.15, -0.1) is 0 Å². The molecule has 28 heavy (non-hydrogen) atoms. The maximum absolute atomic E-state index is 13.2. The highest BCUT2D eigenvalue weighted by Crippen LogP contribution is 2.24. The maximum atomic E-state index is 13.2. The van der Waals surface area contributed by atoms with Gasteiger partial charge >= 0.3 is 0 Å². The first kappa shape index (κ1) is 20.1. The molecule has 3 aromatic carbocycles. The van der Waals surface area contributed by atoms with Crippen molar-refractivity contribution >= 4 is 43.2 Å². The molecule has 7 heteroatoms. The molecule has 0 unspecified atom stereocenters. The second kappa shape index (κ2) is 8.58. The number of anilines is 2. The number of para-hydroxylation sites is 1. The summed E-state index contributed by atoms with van der Waals surface area (Å²) in [6, 6.07) is 22.3. The van der Waals surface area contributed by atoms with E-state index in [1.54, 1.807) is 72.8 Å². The Morgan fingerprint density at radius 1 is 0.964 bits per heavy atom. The van der Waals surface area contributed by atoms with Crippen molar-refractivity contribution in [2.24, 2.45) is 0 Å². The van der Waals surface area contributed by atoms with Gasteiger partial charge in [0.2, 0.25) is 5.91 Å². The highest BCUT2D eigenvalue weighted by molar-refractivity contribution is 9.10. The van der Waals surface area contributed by atoms with Gasteiger partial charge in [0.05, 0.1) is 10.6 Å². The Labute approximate surface area is 173 Å². The predicted molar refractivity (Wildman–Crippen MR) is 115 cm³/mol. The van der Waals surface area contributed by atoms with E-state index in [0.717, 1.165) is 14.3 Å². The summed E-state index contributed by atoms with van der Waals surface area (Å²) in [6.07, 6.45) is 0. The van der Waals surface area contributed by atoms with E-state index >= 15 is 0 Å². The summed E-state index contributed by atoms with van der Waals surface area (Å²) < 4.78 is 28.4. The van der Waals surface area contributed by atoms with Gasteiger partial charge in [-0.2, -0.15) is 0 Å². The minimum absolute atomic E-state index is 0.136. The molecule has 3 rings (SSSR count). The van der Waals surface area contributed by atoms with E-state index < -0.39 is 15.9 Å². The fourth-order valence-electron chi connectivity index (χ4n) is 2.64. The van der Waals surface area contributed by atoms with E-state index in [1.807, 2.05) is 13.0 Å². The predicted octanol–water partition coefficient (Wildman–Crippen LogP) is 4.59. The van der Waals surface area contributed by atoms with Gasteiger partial charge in [0.15, 0.2) is 0 Å². The van der Waals surface area contributed by atoms with Crippen LogP contribution in [-0.2, 0) is 14.8 Å². The molecule has 0 radical (unpaired) electrons. The number of benzene rings is 3. The molecule has 1 amide bonds. The Morgan fingerprint density at radius 3 is 2.29 bits per heavy atom.